The molecule has 0 saturated carbocycles. The smallest absolute Gasteiger partial charge is 0.316 e. The van der Waals surface area contributed by atoms with Crippen molar-refractivity contribution in [3.8, 4) is 5.88 Å². The second-order valence-corrected chi connectivity index (χ2v) is 5.00. The van der Waals surface area contributed by atoms with Crippen molar-refractivity contribution in [3.63, 3.8) is 0 Å². The van der Waals surface area contributed by atoms with Crippen LogP contribution in [0.5, 0.6) is 5.88 Å². The third kappa shape index (κ3) is 4.06. The number of amides is 2. The average molecular weight is 313 g/mol. The van der Waals surface area contributed by atoms with Gasteiger partial charge in [0.2, 0.25) is 5.88 Å². The summed E-state index contributed by atoms with van der Waals surface area (Å²) < 4.78 is 5.18. The quantitative estimate of drug-likeness (QED) is 0.872. The number of ether oxygens (including phenoxy) is 1. The fraction of sp³-hybridized carbons (Fsp3) is 0.235. The molecule has 0 aliphatic carbocycles. The zero-order valence-corrected chi connectivity index (χ0v) is 13.4. The van der Waals surface area contributed by atoms with Crippen LogP contribution >= 0.6 is 0 Å². The van der Waals surface area contributed by atoms with Crippen molar-refractivity contribution >= 4 is 17.5 Å². The summed E-state index contributed by atoms with van der Waals surface area (Å²) in [7, 11) is 3.08. The minimum absolute atomic E-state index is 0.170. The Labute approximate surface area is 135 Å². The zero-order chi connectivity index (χ0) is 16.8. The molecule has 120 valence electrons. The molecule has 23 heavy (non-hydrogen) atoms. The minimum atomic E-state index is -0.681. The van der Waals surface area contributed by atoms with Gasteiger partial charge in [-0.15, -0.1) is 0 Å². The molecule has 6 heteroatoms. The lowest BCUT2D eigenvalue weighted by molar-refractivity contribution is -0.137. The first kappa shape index (κ1) is 16.5. The minimum Gasteiger partial charge on any atom is -0.481 e. The molecule has 0 saturated heterocycles. The Kier molecular flexibility index (Phi) is 5.30. The Hall–Kier alpha value is -2.89. The summed E-state index contributed by atoms with van der Waals surface area (Å²) in [5.74, 6) is -0.872. The van der Waals surface area contributed by atoms with E-state index in [0.29, 0.717) is 17.1 Å². The number of nitrogens with zero attached hydrogens (tertiary/aromatic N) is 2. The van der Waals surface area contributed by atoms with Gasteiger partial charge in [-0.2, -0.15) is 0 Å². The summed E-state index contributed by atoms with van der Waals surface area (Å²) in [5, 5.41) is 2.59. The molecule has 0 aliphatic heterocycles. The Morgan fingerprint density at radius 2 is 1.87 bits per heavy atom. The van der Waals surface area contributed by atoms with Crippen molar-refractivity contribution in [1.82, 2.24) is 10.3 Å². The van der Waals surface area contributed by atoms with Crippen LogP contribution in [0.15, 0.2) is 42.5 Å². The molecule has 0 radical (unpaired) electrons. The summed E-state index contributed by atoms with van der Waals surface area (Å²) >= 11 is 0. The summed E-state index contributed by atoms with van der Waals surface area (Å²) in [6.45, 7) is 2.02. The first-order valence-electron chi connectivity index (χ1n) is 7.14. The van der Waals surface area contributed by atoms with Crippen LogP contribution in [0.25, 0.3) is 0 Å². The topological polar surface area (TPSA) is 71.5 Å². The molecule has 0 unspecified atom stereocenters. The van der Waals surface area contributed by atoms with E-state index in [1.807, 2.05) is 25.1 Å². The van der Waals surface area contributed by atoms with Crippen LogP contribution in [0.4, 0.5) is 5.69 Å². The van der Waals surface area contributed by atoms with E-state index in [-0.39, 0.29) is 6.54 Å². The molecular formula is C17H19N3O3. The van der Waals surface area contributed by atoms with Crippen molar-refractivity contribution in [2.24, 2.45) is 0 Å². The highest BCUT2D eigenvalue weighted by Crippen LogP contribution is 2.15. The van der Waals surface area contributed by atoms with Gasteiger partial charge in [0.1, 0.15) is 0 Å². The second-order valence-electron chi connectivity index (χ2n) is 5.00. The molecule has 1 aromatic heterocycles. The highest BCUT2D eigenvalue weighted by molar-refractivity contribution is 6.40. The normalized spacial score (nSPS) is 10.0. The van der Waals surface area contributed by atoms with Gasteiger partial charge in [-0.3, -0.25) is 9.59 Å². The van der Waals surface area contributed by atoms with Gasteiger partial charge in [-0.05, 0) is 25.1 Å². The van der Waals surface area contributed by atoms with E-state index in [2.05, 4.69) is 10.3 Å². The predicted molar refractivity (Wildman–Crippen MR) is 87.2 cm³/mol. The van der Waals surface area contributed by atoms with Crippen molar-refractivity contribution < 1.29 is 14.3 Å². The number of hydrogen-bond donors (Lipinski definition) is 1. The number of likely N-dealkylation sites (N-methyl/N-ethyl adjacent to an activating group) is 1. The van der Waals surface area contributed by atoms with Crippen LogP contribution < -0.4 is 15.0 Å². The molecule has 0 fully saturated rings. The number of pyridine rings is 1. The number of benzene rings is 1. The van der Waals surface area contributed by atoms with Gasteiger partial charge >= 0.3 is 11.8 Å². The number of rotatable bonds is 4. The second kappa shape index (κ2) is 7.40. The van der Waals surface area contributed by atoms with Crippen molar-refractivity contribution in [3.05, 3.63) is 53.7 Å². The van der Waals surface area contributed by atoms with Gasteiger partial charge in [0.05, 0.1) is 7.11 Å². The monoisotopic (exact) mass is 313 g/mol. The van der Waals surface area contributed by atoms with Crippen LogP contribution in [-0.4, -0.2) is 31.0 Å². The van der Waals surface area contributed by atoms with E-state index in [9.17, 15) is 9.59 Å². The molecule has 0 spiro atoms. The molecule has 2 aromatic rings. The molecule has 1 heterocycles. The average Bonchev–Trinajstić information content (AvgIpc) is 2.59. The first-order chi connectivity index (χ1) is 11.0. The molecule has 1 N–H and O–H groups in total. The first-order valence-corrected chi connectivity index (χ1v) is 7.14. The number of anilines is 1. The molecule has 1 aromatic carbocycles. The zero-order valence-electron chi connectivity index (χ0n) is 13.4. The van der Waals surface area contributed by atoms with Crippen LogP contribution in [0, 0.1) is 6.92 Å². The van der Waals surface area contributed by atoms with E-state index in [1.165, 1.54) is 12.0 Å². The number of hydrogen-bond acceptors (Lipinski definition) is 4. The highest BCUT2D eigenvalue weighted by Gasteiger charge is 2.20. The van der Waals surface area contributed by atoms with E-state index >= 15 is 0 Å². The van der Waals surface area contributed by atoms with Crippen LogP contribution in [0.1, 0.15) is 11.3 Å². The fourth-order valence-corrected chi connectivity index (χ4v) is 2.05. The number of carbonyl (C=O) groups excluding carboxylic acids is 2. The van der Waals surface area contributed by atoms with E-state index < -0.39 is 11.8 Å². The Balaban J connectivity index is 2.01. The third-order valence-corrected chi connectivity index (χ3v) is 3.35. The Morgan fingerprint density at radius 3 is 2.52 bits per heavy atom. The van der Waals surface area contributed by atoms with Crippen molar-refractivity contribution in [1.29, 1.82) is 0 Å². The van der Waals surface area contributed by atoms with Crippen LogP contribution in [0.2, 0.25) is 0 Å². The molecule has 6 nitrogen and oxygen atoms in total. The maximum absolute atomic E-state index is 12.1. The van der Waals surface area contributed by atoms with Crippen molar-refractivity contribution in [2.45, 2.75) is 13.5 Å². The lowest BCUT2D eigenvalue weighted by Crippen LogP contribution is -2.40. The van der Waals surface area contributed by atoms with Crippen LogP contribution in [-0.2, 0) is 16.1 Å². The number of carbonyl (C=O) groups is 2. The third-order valence-electron chi connectivity index (χ3n) is 3.35. The largest absolute Gasteiger partial charge is 0.481 e. The lowest BCUT2D eigenvalue weighted by Gasteiger charge is -2.17. The number of methoxy groups -OCH3 is 1. The van der Waals surface area contributed by atoms with Gasteiger partial charge in [-0.1, -0.05) is 24.3 Å². The van der Waals surface area contributed by atoms with Gasteiger partial charge < -0.3 is 15.0 Å². The van der Waals surface area contributed by atoms with Gasteiger partial charge in [-0.25, -0.2) is 4.98 Å². The summed E-state index contributed by atoms with van der Waals surface area (Å²) in [4.78, 5) is 29.7. The van der Waals surface area contributed by atoms with E-state index in [1.54, 1.807) is 31.3 Å². The highest BCUT2D eigenvalue weighted by atomic mass is 16.5. The van der Waals surface area contributed by atoms with Crippen LogP contribution in [0.3, 0.4) is 0 Å². The van der Waals surface area contributed by atoms with Gasteiger partial charge in [0, 0.05) is 30.5 Å². The Bertz CT molecular complexity index is 701. The number of aryl methyl sites for hydroxylation is 1. The standard InChI is InChI=1S/C17H19N3O3/c1-12-9-10-13(16(19-12)23-3)11-18-15(21)17(22)20(2)14-7-5-4-6-8-14/h4-10H,11H2,1-3H3,(H,18,21). The predicted octanol–water partition coefficient (Wildman–Crippen LogP) is 1.68. The Morgan fingerprint density at radius 1 is 1.17 bits per heavy atom. The molecule has 2 amide bonds. The number of aromatic nitrogens is 1. The summed E-state index contributed by atoms with van der Waals surface area (Å²) in [5.41, 5.74) is 2.18. The van der Waals surface area contributed by atoms with E-state index in [0.717, 1.165) is 5.69 Å². The van der Waals surface area contributed by atoms with E-state index in [4.69, 9.17) is 4.74 Å². The lowest BCUT2D eigenvalue weighted by atomic mass is 10.2. The van der Waals surface area contributed by atoms with Gasteiger partial charge in [0.15, 0.2) is 0 Å². The molecule has 2 rings (SSSR count). The number of nitrogens with one attached hydrogen (secondary N) is 1. The number of para-hydroxylation sites is 1. The molecular weight excluding hydrogens is 294 g/mol. The SMILES string of the molecule is COc1nc(C)ccc1CNC(=O)C(=O)N(C)c1ccccc1. The molecule has 0 atom stereocenters. The van der Waals surface area contributed by atoms with Crippen molar-refractivity contribution in [2.75, 3.05) is 19.1 Å². The molecule has 0 bridgehead atoms. The fourth-order valence-electron chi connectivity index (χ4n) is 2.05. The summed E-state index contributed by atoms with van der Waals surface area (Å²) in [6, 6.07) is 12.6. The maximum atomic E-state index is 12.1. The van der Waals surface area contributed by atoms with Gasteiger partial charge in [0.25, 0.3) is 0 Å². The molecule has 0 aliphatic rings. The summed E-state index contributed by atoms with van der Waals surface area (Å²) in [6.07, 6.45) is 0. The maximum Gasteiger partial charge on any atom is 0.316 e.